The van der Waals surface area contributed by atoms with Crippen molar-refractivity contribution in [2.24, 2.45) is 12.8 Å². The summed E-state index contributed by atoms with van der Waals surface area (Å²) in [5, 5.41) is 3.55. The van der Waals surface area contributed by atoms with E-state index in [9.17, 15) is 18.0 Å². The lowest BCUT2D eigenvalue weighted by Gasteiger charge is -2.12. The Morgan fingerprint density at radius 2 is 2.04 bits per heavy atom. The minimum atomic E-state index is -4.50. The quantitative estimate of drug-likeness (QED) is 0.796. The van der Waals surface area contributed by atoms with E-state index in [1.807, 2.05) is 6.07 Å². The molecular weight excluding hydrogens is 343 g/mol. The monoisotopic (exact) mass is 359 g/mol. The molecule has 4 nitrogen and oxygen atoms in total. The molecule has 0 fully saturated rings. The van der Waals surface area contributed by atoms with E-state index in [-0.39, 0.29) is 24.6 Å². The molecule has 2 aromatic rings. The number of halogens is 4. The van der Waals surface area contributed by atoms with Crippen LogP contribution in [0.5, 0.6) is 0 Å². The normalized spacial score (nSPS) is 17.9. The van der Waals surface area contributed by atoms with Crippen molar-refractivity contribution in [3.05, 3.63) is 41.1 Å². The summed E-state index contributed by atoms with van der Waals surface area (Å²) in [5.74, 6) is -0.0885. The van der Waals surface area contributed by atoms with Crippen LogP contribution >= 0.6 is 12.4 Å². The minimum absolute atomic E-state index is 0. The molecule has 2 N–H and O–H groups in total. The average molecular weight is 360 g/mol. The van der Waals surface area contributed by atoms with Crippen molar-refractivity contribution in [3.63, 3.8) is 0 Å². The van der Waals surface area contributed by atoms with Gasteiger partial charge in [-0.15, -0.1) is 12.4 Å². The number of benzene rings is 1. The number of carbonyl (C=O) groups is 1. The Balaban J connectivity index is 0.00000208. The van der Waals surface area contributed by atoms with Crippen molar-refractivity contribution in [3.8, 4) is 11.3 Å². The summed E-state index contributed by atoms with van der Waals surface area (Å²) in [6, 6.07) is 5.90. The number of aromatic nitrogens is 2. The molecule has 3 rings (SSSR count). The van der Waals surface area contributed by atoms with Crippen molar-refractivity contribution in [1.29, 1.82) is 0 Å². The molecule has 1 aliphatic rings. The molecule has 1 heterocycles. The molecular formula is C16H17ClF3N3O. The summed E-state index contributed by atoms with van der Waals surface area (Å²) in [4.78, 5) is 12.1. The SMILES string of the molecule is Cl.Cn1nc(C(F)(F)F)cc1-c1cccc2c1CC(=O)C(N)CC2. The largest absolute Gasteiger partial charge is 0.435 e. The molecule has 8 heteroatoms. The number of nitrogens with zero attached hydrogens (tertiary/aromatic N) is 2. The van der Waals surface area contributed by atoms with Crippen LogP contribution in [0.4, 0.5) is 13.2 Å². The third-order valence-electron chi connectivity index (χ3n) is 4.21. The second-order valence-electron chi connectivity index (χ2n) is 5.77. The zero-order chi connectivity index (χ0) is 16.8. The van der Waals surface area contributed by atoms with E-state index < -0.39 is 17.9 Å². The third-order valence-corrected chi connectivity index (χ3v) is 4.21. The number of carbonyl (C=O) groups excluding carboxylic acids is 1. The van der Waals surface area contributed by atoms with Crippen LogP contribution in [-0.2, 0) is 30.9 Å². The van der Waals surface area contributed by atoms with Gasteiger partial charge in [0.05, 0.1) is 11.7 Å². The molecule has 0 radical (unpaired) electrons. The first-order valence-corrected chi connectivity index (χ1v) is 7.28. The first-order chi connectivity index (χ1) is 10.8. The Bertz CT molecular complexity index is 770. The molecule has 0 bridgehead atoms. The summed E-state index contributed by atoms with van der Waals surface area (Å²) < 4.78 is 39.8. The number of aryl methyl sites for hydroxylation is 2. The molecule has 24 heavy (non-hydrogen) atoms. The number of hydrogen-bond acceptors (Lipinski definition) is 3. The fourth-order valence-electron chi connectivity index (χ4n) is 2.95. The number of Topliss-reactive ketones (excluding diaryl/α,β-unsaturated/α-hetero) is 1. The smallest absolute Gasteiger partial charge is 0.321 e. The van der Waals surface area contributed by atoms with Crippen LogP contribution in [0.3, 0.4) is 0 Å². The Morgan fingerprint density at radius 1 is 1.33 bits per heavy atom. The van der Waals surface area contributed by atoms with Gasteiger partial charge in [0.15, 0.2) is 11.5 Å². The molecule has 1 atom stereocenters. The maximum atomic E-state index is 12.9. The second-order valence-corrected chi connectivity index (χ2v) is 5.77. The number of rotatable bonds is 1. The number of alkyl halides is 3. The molecule has 0 spiro atoms. The molecule has 1 aliphatic carbocycles. The third kappa shape index (κ3) is 3.32. The van der Waals surface area contributed by atoms with Crippen LogP contribution in [0.25, 0.3) is 11.3 Å². The van der Waals surface area contributed by atoms with Gasteiger partial charge in [-0.05, 0) is 30.0 Å². The van der Waals surface area contributed by atoms with Gasteiger partial charge in [0.2, 0.25) is 0 Å². The zero-order valence-electron chi connectivity index (χ0n) is 12.9. The van der Waals surface area contributed by atoms with Crippen molar-refractivity contribution in [2.75, 3.05) is 0 Å². The van der Waals surface area contributed by atoms with Crippen LogP contribution in [0, 0.1) is 0 Å². The van der Waals surface area contributed by atoms with Gasteiger partial charge in [-0.25, -0.2) is 0 Å². The highest BCUT2D eigenvalue weighted by atomic mass is 35.5. The Kier molecular flexibility index (Phi) is 5.05. The number of hydrogen-bond donors (Lipinski definition) is 1. The van der Waals surface area contributed by atoms with Crippen LogP contribution < -0.4 is 5.73 Å². The van der Waals surface area contributed by atoms with Gasteiger partial charge in [-0.1, -0.05) is 18.2 Å². The Labute approximate surface area is 143 Å². The van der Waals surface area contributed by atoms with Crippen LogP contribution in [-0.4, -0.2) is 21.6 Å². The maximum Gasteiger partial charge on any atom is 0.435 e. The van der Waals surface area contributed by atoms with Crippen molar-refractivity contribution < 1.29 is 18.0 Å². The van der Waals surface area contributed by atoms with Crippen LogP contribution in [0.15, 0.2) is 24.3 Å². The fraction of sp³-hybridized carbons (Fsp3) is 0.375. The highest BCUT2D eigenvalue weighted by Gasteiger charge is 2.35. The lowest BCUT2D eigenvalue weighted by Crippen LogP contribution is -2.30. The van der Waals surface area contributed by atoms with Gasteiger partial charge in [-0.2, -0.15) is 18.3 Å². The average Bonchev–Trinajstić information content (AvgIpc) is 2.80. The van der Waals surface area contributed by atoms with E-state index in [0.29, 0.717) is 24.1 Å². The van der Waals surface area contributed by atoms with E-state index in [1.54, 1.807) is 12.1 Å². The lowest BCUT2D eigenvalue weighted by molar-refractivity contribution is -0.141. The summed E-state index contributed by atoms with van der Waals surface area (Å²) in [7, 11) is 1.47. The van der Waals surface area contributed by atoms with Gasteiger partial charge in [0, 0.05) is 19.0 Å². The maximum absolute atomic E-state index is 12.9. The number of nitrogens with two attached hydrogens (primary N) is 1. The molecule has 0 aliphatic heterocycles. The zero-order valence-corrected chi connectivity index (χ0v) is 13.7. The molecule has 0 amide bonds. The first kappa shape index (κ1) is 18.5. The van der Waals surface area contributed by atoms with Gasteiger partial charge < -0.3 is 5.73 Å². The number of ketones is 1. The molecule has 1 unspecified atom stereocenters. The van der Waals surface area contributed by atoms with Crippen molar-refractivity contribution in [1.82, 2.24) is 9.78 Å². The van der Waals surface area contributed by atoms with Crippen molar-refractivity contribution in [2.45, 2.75) is 31.5 Å². The van der Waals surface area contributed by atoms with E-state index in [4.69, 9.17) is 5.73 Å². The van der Waals surface area contributed by atoms with Gasteiger partial charge in [0.25, 0.3) is 0 Å². The van der Waals surface area contributed by atoms with Gasteiger partial charge in [0.1, 0.15) is 0 Å². The standard InChI is InChI=1S/C16H16F3N3O.ClH/c1-22-13(8-15(21-22)16(17,18)19)10-4-2-3-9-5-6-12(20)14(23)7-11(9)10;/h2-4,8,12H,5-7,20H2,1H3;1H. The van der Waals surface area contributed by atoms with E-state index in [2.05, 4.69) is 5.10 Å². The minimum Gasteiger partial charge on any atom is -0.321 e. The number of fused-ring (bicyclic) bond motifs is 1. The topological polar surface area (TPSA) is 60.9 Å². The fourth-order valence-corrected chi connectivity index (χ4v) is 2.95. The highest BCUT2D eigenvalue weighted by molar-refractivity contribution is 5.89. The van der Waals surface area contributed by atoms with Gasteiger partial charge in [-0.3, -0.25) is 9.48 Å². The predicted octanol–water partition coefficient (Wildman–Crippen LogP) is 2.91. The summed E-state index contributed by atoms with van der Waals surface area (Å²) >= 11 is 0. The lowest BCUT2D eigenvalue weighted by atomic mass is 9.95. The van der Waals surface area contributed by atoms with Crippen molar-refractivity contribution >= 4 is 18.2 Å². The van der Waals surface area contributed by atoms with E-state index >= 15 is 0 Å². The summed E-state index contributed by atoms with van der Waals surface area (Å²) in [6.07, 6.45) is -3.17. The molecule has 1 aromatic carbocycles. The molecule has 0 saturated heterocycles. The first-order valence-electron chi connectivity index (χ1n) is 7.28. The highest BCUT2D eigenvalue weighted by Crippen LogP contribution is 2.34. The predicted molar refractivity (Wildman–Crippen MR) is 85.9 cm³/mol. The molecule has 0 saturated carbocycles. The summed E-state index contributed by atoms with van der Waals surface area (Å²) in [5.41, 5.74) is 7.54. The van der Waals surface area contributed by atoms with E-state index in [0.717, 1.165) is 17.2 Å². The Hall–Kier alpha value is -1.86. The molecule has 130 valence electrons. The van der Waals surface area contributed by atoms with Crippen LogP contribution in [0.2, 0.25) is 0 Å². The summed E-state index contributed by atoms with van der Waals surface area (Å²) in [6.45, 7) is 0. The van der Waals surface area contributed by atoms with Gasteiger partial charge >= 0.3 is 6.18 Å². The second kappa shape index (κ2) is 6.57. The Morgan fingerprint density at radius 3 is 2.67 bits per heavy atom. The van der Waals surface area contributed by atoms with Crippen LogP contribution in [0.1, 0.15) is 23.2 Å². The van der Waals surface area contributed by atoms with E-state index in [1.165, 1.54) is 11.7 Å². The molecule has 1 aromatic heterocycles.